The van der Waals surface area contributed by atoms with Gasteiger partial charge in [-0.15, -0.1) is 10.2 Å². The normalized spacial score (nSPS) is 11.0. The fraction of sp³-hybridized carbons (Fsp3) is 0.185. The summed E-state index contributed by atoms with van der Waals surface area (Å²) in [6.45, 7) is 3.88. The summed E-state index contributed by atoms with van der Waals surface area (Å²) in [5.74, 6) is 1.51. The molecule has 0 spiro atoms. The highest BCUT2D eigenvalue weighted by Crippen LogP contribution is 2.26. The number of aromatic nitrogens is 5. The van der Waals surface area contributed by atoms with Crippen LogP contribution >= 0.6 is 11.8 Å². The molecule has 1 N–H and O–H groups in total. The summed E-state index contributed by atoms with van der Waals surface area (Å²) in [6, 6.07) is 22.2. The van der Waals surface area contributed by atoms with Gasteiger partial charge in [0, 0.05) is 25.5 Å². The second-order valence-electron chi connectivity index (χ2n) is 8.15. The molecule has 0 fully saturated rings. The van der Waals surface area contributed by atoms with E-state index < -0.39 is 0 Å². The molecule has 0 radical (unpaired) electrons. The molecule has 0 aliphatic rings. The van der Waals surface area contributed by atoms with Crippen molar-refractivity contribution in [3.05, 3.63) is 96.5 Å². The average Bonchev–Trinajstić information content (AvgIpc) is 3.69. The number of hydrogen-bond acceptors (Lipinski definition) is 6. The second kappa shape index (κ2) is 11.1. The van der Waals surface area contributed by atoms with Crippen LogP contribution in [0.2, 0.25) is 0 Å². The Bertz CT molecular complexity index is 1410. The summed E-state index contributed by atoms with van der Waals surface area (Å²) in [6.07, 6.45) is 5.34. The number of furan rings is 1. The van der Waals surface area contributed by atoms with Gasteiger partial charge in [-0.2, -0.15) is 5.10 Å². The van der Waals surface area contributed by atoms with Crippen LogP contribution in [0.3, 0.4) is 0 Å². The zero-order chi connectivity index (χ0) is 24.7. The number of amides is 1. The first-order valence-electron chi connectivity index (χ1n) is 11.7. The summed E-state index contributed by atoms with van der Waals surface area (Å²) >= 11 is 1.36. The van der Waals surface area contributed by atoms with E-state index in [0.29, 0.717) is 29.8 Å². The summed E-state index contributed by atoms with van der Waals surface area (Å²) in [5, 5.41) is 16.5. The molecule has 3 heterocycles. The molecular weight excluding hydrogens is 472 g/mol. The van der Waals surface area contributed by atoms with Gasteiger partial charge in [-0.25, -0.2) is 0 Å². The lowest BCUT2D eigenvalue weighted by molar-refractivity contribution is -0.118. The lowest BCUT2D eigenvalue weighted by atomic mass is 9.98. The van der Waals surface area contributed by atoms with Gasteiger partial charge in [0.1, 0.15) is 0 Å². The van der Waals surface area contributed by atoms with Crippen molar-refractivity contribution >= 4 is 17.7 Å². The second-order valence-corrected chi connectivity index (χ2v) is 9.09. The van der Waals surface area contributed by atoms with Crippen LogP contribution in [-0.2, 0) is 24.4 Å². The Hall–Kier alpha value is -4.11. The molecule has 0 atom stereocenters. The van der Waals surface area contributed by atoms with E-state index in [0.717, 1.165) is 23.2 Å². The van der Waals surface area contributed by atoms with E-state index in [9.17, 15) is 4.79 Å². The molecule has 182 valence electrons. The fourth-order valence-electron chi connectivity index (χ4n) is 3.97. The Kier molecular flexibility index (Phi) is 7.28. The first kappa shape index (κ1) is 23.6. The average molecular weight is 499 g/mol. The van der Waals surface area contributed by atoms with Crippen LogP contribution in [-0.4, -0.2) is 36.2 Å². The maximum absolute atomic E-state index is 12.7. The number of nitrogens with one attached hydrogen (secondary N) is 1. The summed E-state index contributed by atoms with van der Waals surface area (Å²) < 4.78 is 9.30. The minimum Gasteiger partial charge on any atom is -0.461 e. The first-order chi connectivity index (χ1) is 17.7. The largest absolute Gasteiger partial charge is 0.461 e. The molecule has 0 aliphatic carbocycles. The quantitative estimate of drug-likeness (QED) is 0.276. The van der Waals surface area contributed by atoms with E-state index in [2.05, 4.69) is 50.9 Å². The number of thioether (sulfide) groups is 1. The van der Waals surface area contributed by atoms with Crippen LogP contribution in [0.4, 0.5) is 0 Å². The van der Waals surface area contributed by atoms with Crippen molar-refractivity contribution in [3.63, 3.8) is 0 Å². The van der Waals surface area contributed by atoms with E-state index >= 15 is 0 Å². The molecule has 3 aromatic heterocycles. The van der Waals surface area contributed by atoms with Crippen molar-refractivity contribution in [2.75, 3.05) is 5.75 Å². The van der Waals surface area contributed by atoms with E-state index in [4.69, 9.17) is 4.42 Å². The van der Waals surface area contributed by atoms with Crippen molar-refractivity contribution in [2.24, 2.45) is 0 Å². The molecule has 36 heavy (non-hydrogen) atoms. The van der Waals surface area contributed by atoms with Gasteiger partial charge in [-0.1, -0.05) is 60.3 Å². The lowest BCUT2D eigenvalue weighted by Gasteiger charge is -2.12. The highest BCUT2D eigenvalue weighted by atomic mass is 32.2. The Morgan fingerprint density at radius 1 is 1.03 bits per heavy atom. The number of benzene rings is 2. The SMILES string of the molecule is CCn1c(SCC(=O)NCc2ccccc2-c2ccc(Cn3cccn3)cc2)nnc1-c1ccco1. The van der Waals surface area contributed by atoms with E-state index in [1.807, 2.05) is 58.8 Å². The van der Waals surface area contributed by atoms with Crippen molar-refractivity contribution in [2.45, 2.75) is 31.7 Å². The third-order valence-electron chi connectivity index (χ3n) is 5.77. The standard InChI is InChI=1S/C27H26N6O2S/c1-2-33-26(24-9-5-16-35-24)30-31-27(33)36-19-25(34)28-17-22-7-3-4-8-23(22)21-12-10-20(11-13-21)18-32-15-6-14-29-32/h3-16H,2,17-19H2,1H3,(H,28,34). The number of carbonyl (C=O) groups excluding carboxylic acids is 1. The van der Waals surface area contributed by atoms with Crippen LogP contribution in [0, 0.1) is 0 Å². The molecule has 5 rings (SSSR count). The molecule has 0 aliphatic heterocycles. The van der Waals surface area contributed by atoms with Crippen LogP contribution in [0.15, 0.2) is 95.0 Å². The fourth-order valence-corrected chi connectivity index (χ4v) is 4.80. The Morgan fingerprint density at radius 3 is 2.64 bits per heavy atom. The number of rotatable bonds is 10. The van der Waals surface area contributed by atoms with Gasteiger partial charge in [0.15, 0.2) is 16.7 Å². The van der Waals surface area contributed by atoms with Crippen LogP contribution < -0.4 is 5.32 Å². The van der Waals surface area contributed by atoms with E-state index in [1.54, 1.807) is 12.5 Å². The minimum absolute atomic E-state index is 0.0606. The molecule has 1 amide bonds. The summed E-state index contributed by atoms with van der Waals surface area (Å²) in [4.78, 5) is 12.7. The smallest absolute Gasteiger partial charge is 0.230 e. The third kappa shape index (κ3) is 5.41. The zero-order valence-electron chi connectivity index (χ0n) is 19.9. The topological polar surface area (TPSA) is 90.8 Å². The highest BCUT2D eigenvalue weighted by molar-refractivity contribution is 7.99. The maximum atomic E-state index is 12.7. The Morgan fingerprint density at radius 2 is 1.89 bits per heavy atom. The Balaban J connectivity index is 1.20. The van der Waals surface area contributed by atoms with Crippen molar-refractivity contribution in [1.29, 1.82) is 0 Å². The molecular formula is C27H26N6O2S. The summed E-state index contributed by atoms with van der Waals surface area (Å²) in [7, 11) is 0. The lowest BCUT2D eigenvalue weighted by Crippen LogP contribution is -2.25. The zero-order valence-corrected chi connectivity index (χ0v) is 20.7. The van der Waals surface area contributed by atoms with E-state index in [-0.39, 0.29) is 11.7 Å². The van der Waals surface area contributed by atoms with Crippen LogP contribution in [0.1, 0.15) is 18.1 Å². The summed E-state index contributed by atoms with van der Waals surface area (Å²) in [5.41, 5.74) is 4.46. The molecule has 8 nitrogen and oxygen atoms in total. The molecule has 0 saturated carbocycles. The molecule has 0 bridgehead atoms. The van der Waals surface area contributed by atoms with Crippen molar-refractivity contribution < 1.29 is 9.21 Å². The first-order valence-corrected chi connectivity index (χ1v) is 12.7. The monoisotopic (exact) mass is 498 g/mol. The number of nitrogens with zero attached hydrogens (tertiary/aromatic N) is 5. The number of hydrogen-bond donors (Lipinski definition) is 1. The maximum Gasteiger partial charge on any atom is 0.230 e. The van der Waals surface area contributed by atoms with Gasteiger partial charge in [0.05, 0.1) is 18.6 Å². The van der Waals surface area contributed by atoms with Crippen molar-refractivity contribution in [1.82, 2.24) is 29.9 Å². The third-order valence-corrected chi connectivity index (χ3v) is 6.74. The van der Waals surface area contributed by atoms with Crippen LogP contribution in [0.5, 0.6) is 0 Å². The van der Waals surface area contributed by atoms with E-state index in [1.165, 1.54) is 17.3 Å². The minimum atomic E-state index is -0.0606. The van der Waals surface area contributed by atoms with Gasteiger partial charge < -0.3 is 9.73 Å². The number of carbonyl (C=O) groups is 1. The molecule has 5 aromatic rings. The van der Waals surface area contributed by atoms with Crippen molar-refractivity contribution in [3.8, 4) is 22.7 Å². The Labute approximate surface area is 213 Å². The van der Waals surface area contributed by atoms with Gasteiger partial charge >= 0.3 is 0 Å². The van der Waals surface area contributed by atoms with Gasteiger partial charge in [0.2, 0.25) is 5.91 Å². The predicted octanol–water partition coefficient (Wildman–Crippen LogP) is 4.88. The molecule has 9 heteroatoms. The van der Waals surface area contributed by atoms with Gasteiger partial charge in [-0.3, -0.25) is 14.0 Å². The van der Waals surface area contributed by atoms with Gasteiger partial charge in [0.25, 0.3) is 0 Å². The molecule has 0 saturated heterocycles. The molecule has 0 unspecified atom stereocenters. The predicted molar refractivity (Wildman–Crippen MR) is 139 cm³/mol. The highest BCUT2D eigenvalue weighted by Gasteiger charge is 2.16. The van der Waals surface area contributed by atoms with Crippen LogP contribution in [0.25, 0.3) is 22.7 Å². The molecule has 2 aromatic carbocycles. The van der Waals surface area contributed by atoms with Gasteiger partial charge in [-0.05, 0) is 47.4 Å².